The van der Waals surface area contributed by atoms with Crippen molar-refractivity contribution in [3.8, 4) is 0 Å². The van der Waals surface area contributed by atoms with Gasteiger partial charge in [-0.2, -0.15) is 11.8 Å². The first-order valence-electron chi connectivity index (χ1n) is 4.89. The molecule has 13 heavy (non-hydrogen) atoms. The molecule has 78 valence electrons. The molecule has 4 N–H and O–H groups in total. The first kappa shape index (κ1) is 11.3. The lowest BCUT2D eigenvalue weighted by Gasteiger charge is -2.32. The highest BCUT2D eigenvalue weighted by Gasteiger charge is 2.28. The van der Waals surface area contributed by atoms with Gasteiger partial charge in [0, 0.05) is 17.5 Å². The monoisotopic (exact) mass is 204 g/mol. The minimum atomic E-state index is -0.440. The highest BCUT2D eigenvalue weighted by atomic mass is 32.2. The van der Waals surface area contributed by atoms with Gasteiger partial charge in [-0.15, -0.1) is 0 Å². The largest absolute Gasteiger partial charge is 0.389 e. The van der Waals surface area contributed by atoms with E-state index < -0.39 is 5.60 Å². The van der Waals surface area contributed by atoms with Crippen LogP contribution in [0.25, 0.3) is 0 Å². The van der Waals surface area contributed by atoms with Gasteiger partial charge in [-0.3, -0.25) is 0 Å². The van der Waals surface area contributed by atoms with Gasteiger partial charge in [-0.1, -0.05) is 0 Å². The maximum Gasteiger partial charge on any atom is 0.0761 e. The highest BCUT2D eigenvalue weighted by molar-refractivity contribution is 7.99. The molecule has 0 aliphatic carbocycles. The zero-order valence-corrected chi connectivity index (χ0v) is 9.07. The summed E-state index contributed by atoms with van der Waals surface area (Å²) in [6.07, 6.45) is 1.75. The molecule has 1 unspecified atom stereocenters. The van der Waals surface area contributed by atoms with E-state index in [0.29, 0.717) is 0 Å². The van der Waals surface area contributed by atoms with E-state index in [-0.39, 0.29) is 6.04 Å². The molecule has 1 aliphatic rings. The van der Waals surface area contributed by atoms with E-state index in [1.807, 2.05) is 6.92 Å². The van der Waals surface area contributed by atoms with Gasteiger partial charge in [0.15, 0.2) is 0 Å². The maximum atomic E-state index is 10.1. The molecule has 1 fully saturated rings. The predicted octanol–water partition coefficient (Wildman–Crippen LogP) is 0.181. The summed E-state index contributed by atoms with van der Waals surface area (Å²) in [6.45, 7) is 3.88. The summed E-state index contributed by atoms with van der Waals surface area (Å²) in [4.78, 5) is 0. The lowest BCUT2D eigenvalue weighted by molar-refractivity contribution is 0.0339. The van der Waals surface area contributed by atoms with Crippen molar-refractivity contribution < 1.29 is 5.11 Å². The molecule has 1 atom stereocenters. The van der Waals surface area contributed by atoms with Crippen molar-refractivity contribution in [1.29, 1.82) is 0 Å². The molecule has 0 aromatic rings. The molecule has 0 aromatic heterocycles. The smallest absolute Gasteiger partial charge is 0.0761 e. The average molecular weight is 204 g/mol. The molecule has 1 aliphatic heterocycles. The number of piperidine rings is 1. The maximum absolute atomic E-state index is 10.1. The van der Waals surface area contributed by atoms with Crippen LogP contribution in [0.2, 0.25) is 0 Å². The van der Waals surface area contributed by atoms with Crippen LogP contribution in [0.4, 0.5) is 0 Å². The molecule has 1 heterocycles. The van der Waals surface area contributed by atoms with E-state index in [1.165, 1.54) is 0 Å². The van der Waals surface area contributed by atoms with E-state index in [9.17, 15) is 5.11 Å². The molecule has 0 radical (unpaired) electrons. The minimum Gasteiger partial charge on any atom is -0.389 e. The Hall–Kier alpha value is 0.230. The lowest BCUT2D eigenvalue weighted by Crippen LogP contribution is -2.44. The third-order valence-corrected chi connectivity index (χ3v) is 3.79. The van der Waals surface area contributed by atoms with Crippen molar-refractivity contribution in [2.75, 3.05) is 24.6 Å². The van der Waals surface area contributed by atoms with Crippen molar-refractivity contribution in [2.24, 2.45) is 5.73 Å². The number of hydrogen-bond acceptors (Lipinski definition) is 4. The predicted molar refractivity (Wildman–Crippen MR) is 58.0 cm³/mol. The normalized spacial score (nSPS) is 24.2. The van der Waals surface area contributed by atoms with Gasteiger partial charge in [0.05, 0.1) is 5.60 Å². The molecule has 0 spiro atoms. The van der Waals surface area contributed by atoms with Gasteiger partial charge in [0.25, 0.3) is 0 Å². The van der Waals surface area contributed by atoms with Crippen LogP contribution >= 0.6 is 11.8 Å². The van der Waals surface area contributed by atoms with Crippen LogP contribution in [0.15, 0.2) is 0 Å². The summed E-state index contributed by atoms with van der Waals surface area (Å²) in [5.41, 5.74) is 5.20. The van der Waals surface area contributed by atoms with Crippen molar-refractivity contribution in [3.63, 3.8) is 0 Å². The van der Waals surface area contributed by atoms with Gasteiger partial charge in [-0.05, 0) is 32.9 Å². The average Bonchev–Trinajstić information content (AvgIpc) is 2.04. The molecular formula is C9H20N2OS. The van der Waals surface area contributed by atoms with Gasteiger partial charge >= 0.3 is 0 Å². The second-order valence-electron chi connectivity index (χ2n) is 3.97. The van der Waals surface area contributed by atoms with Gasteiger partial charge in [0.1, 0.15) is 0 Å². The summed E-state index contributed by atoms with van der Waals surface area (Å²) in [5, 5.41) is 13.3. The van der Waals surface area contributed by atoms with Crippen LogP contribution in [-0.2, 0) is 0 Å². The molecule has 0 saturated carbocycles. The minimum absolute atomic E-state index is 0.232. The Morgan fingerprint density at radius 2 is 2.15 bits per heavy atom. The van der Waals surface area contributed by atoms with E-state index in [1.54, 1.807) is 11.8 Å². The summed E-state index contributed by atoms with van der Waals surface area (Å²) in [7, 11) is 0. The number of hydrogen-bond donors (Lipinski definition) is 3. The van der Waals surface area contributed by atoms with E-state index in [0.717, 1.165) is 37.4 Å². The first-order chi connectivity index (χ1) is 6.12. The van der Waals surface area contributed by atoms with E-state index in [4.69, 9.17) is 5.73 Å². The fourth-order valence-corrected chi connectivity index (χ4v) is 2.63. The summed E-state index contributed by atoms with van der Waals surface area (Å²) >= 11 is 1.76. The molecule has 1 rings (SSSR count). The van der Waals surface area contributed by atoms with Crippen molar-refractivity contribution in [2.45, 2.75) is 31.4 Å². The number of nitrogens with one attached hydrogen (secondary N) is 1. The molecule has 4 heteroatoms. The zero-order valence-electron chi connectivity index (χ0n) is 8.25. The first-order valence-corrected chi connectivity index (χ1v) is 6.04. The quantitative estimate of drug-likeness (QED) is 0.611. The third kappa shape index (κ3) is 4.31. The molecular weight excluding hydrogens is 184 g/mol. The number of nitrogens with two attached hydrogens (primary N) is 1. The summed E-state index contributed by atoms with van der Waals surface area (Å²) in [6, 6.07) is 0.232. The van der Waals surface area contributed by atoms with E-state index >= 15 is 0 Å². The number of thioether (sulfide) groups is 1. The fraction of sp³-hybridized carbons (Fsp3) is 1.00. The van der Waals surface area contributed by atoms with Crippen molar-refractivity contribution in [3.05, 3.63) is 0 Å². The number of rotatable bonds is 4. The SMILES string of the molecule is CC(N)CSCC1(O)CCNCC1. The van der Waals surface area contributed by atoms with Gasteiger partial charge < -0.3 is 16.2 Å². The highest BCUT2D eigenvalue weighted by Crippen LogP contribution is 2.23. The Morgan fingerprint density at radius 1 is 1.54 bits per heavy atom. The van der Waals surface area contributed by atoms with E-state index in [2.05, 4.69) is 5.32 Å². The Bertz CT molecular complexity index is 147. The Balaban J connectivity index is 2.17. The molecule has 0 bridgehead atoms. The van der Waals surface area contributed by atoms with Crippen LogP contribution in [0.1, 0.15) is 19.8 Å². The molecule has 0 amide bonds. The standard InChI is InChI=1S/C9H20N2OS/c1-8(10)6-13-7-9(12)2-4-11-5-3-9/h8,11-12H,2-7,10H2,1H3. The topological polar surface area (TPSA) is 58.3 Å². The van der Waals surface area contributed by atoms with Crippen LogP contribution in [0, 0.1) is 0 Å². The Morgan fingerprint density at radius 3 is 2.69 bits per heavy atom. The fourth-order valence-electron chi connectivity index (χ4n) is 1.47. The van der Waals surface area contributed by atoms with Crippen LogP contribution in [0.3, 0.4) is 0 Å². The van der Waals surface area contributed by atoms with Gasteiger partial charge in [0.2, 0.25) is 0 Å². The van der Waals surface area contributed by atoms with Crippen LogP contribution in [0.5, 0.6) is 0 Å². The van der Waals surface area contributed by atoms with Crippen molar-refractivity contribution in [1.82, 2.24) is 5.32 Å². The second-order valence-corrected chi connectivity index (χ2v) is 5.00. The van der Waals surface area contributed by atoms with Gasteiger partial charge in [-0.25, -0.2) is 0 Å². The summed E-state index contributed by atoms with van der Waals surface area (Å²) < 4.78 is 0. The van der Waals surface area contributed by atoms with Crippen molar-refractivity contribution >= 4 is 11.8 Å². The molecule has 1 saturated heterocycles. The Labute approximate surface area is 84.5 Å². The van der Waals surface area contributed by atoms with Crippen LogP contribution < -0.4 is 11.1 Å². The van der Waals surface area contributed by atoms with Crippen LogP contribution in [-0.4, -0.2) is 41.3 Å². The summed E-state index contributed by atoms with van der Waals surface area (Å²) in [5.74, 6) is 1.77. The molecule has 3 nitrogen and oxygen atoms in total. The third-order valence-electron chi connectivity index (χ3n) is 2.29. The Kier molecular flexibility index (Phi) is 4.52. The zero-order chi connectivity index (χ0) is 9.73. The molecule has 0 aromatic carbocycles. The second kappa shape index (κ2) is 5.20. The lowest BCUT2D eigenvalue weighted by atomic mass is 9.95. The number of aliphatic hydroxyl groups is 1.